The van der Waals surface area contributed by atoms with Crippen LogP contribution in [0.1, 0.15) is 16.8 Å². The van der Waals surface area contributed by atoms with E-state index < -0.39 is 0 Å². The van der Waals surface area contributed by atoms with Gasteiger partial charge in [0.05, 0.1) is 11.3 Å². The number of aromatic nitrogens is 2. The number of halogens is 1. The molecular weight excluding hydrogens is 343 g/mol. The number of hydrogen-bond acceptors (Lipinski definition) is 3. The van der Waals surface area contributed by atoms with Crippen LogP contribution in [0.5, 0.6) is 0 Å². The standard InChI is InChI=1S/C21H21FN4O/c22-17-7-9-18(10-8-17)24-12-4-13-25(16-15-24)21(27)19-5-1-2-6-20(19)26-14-3-11-23-26/h1-3,5-11,14H,4,12-13,15-16H2. The van der Waals surface area contributed by atoms with Gasteiger partial charge in [0.25, 0.3) is 5.91 Å². The van der Waals surface area contributed by atoms with Gasteiger partial charge in [0.1, 0.15) is 5.82 Å². The zero-order valence-electron chi connectivity index (χ0n) is 15.0. The van der Waals surface area contributed by atoms with Gasteiger partial charge in [-0.2, -0.15) is 5.10 Å². The lowest BCUT2D eigenvalue weighted by Crippen LogP contribution is -2.35. The fourth-order valence-electron chi connectivity index (χ4n) is 3.47. The van der Waals surface area contributed by atoms with Gasteiger partial charge in [0.15, 0.2) is 0 Å². The summed E-state index contributed by atoms with van der Waals surface area (Å²) < 4.78 is 14.9. The second-order valence-corrected chi connectivity index (χ2v) is 6.58. The van der Waals surface area contributed by atoms with Crippen molar-refractivity contribution in [1.82, 2.24) is 14.7 Å². The highest BCUT2D eigenvalue weighted by molar-refractivity contribution is 5.97. The lowest BCUT2D eigenvalue weighted by atomic mass is 10.1. The molecule has 2 heterocycles. The molecule has 0 N–H and O–H groups in total. The Hall–Kier alpha value is -3.15. The quantitative estimate of drug-likeness (QED) is 0.716. The van der Waals surface area contributed by atoms with Crippen LogP contribution in [0.2, 0.25) is 0 Å². The maximum Gasteiger partial charge on any atom is 0.256 e. The van der Waals surface area contributed by atoms with E-state index in [0.717, 1.165) is 30.9 Å². The summed E-state index contributed by atoms with van der Waals surface area (Å²) in [5.74, 6) is -0.220. The van der Waals surface area contributed by atoms with Crippen LogP contribution >= 0.6 is 0 Å². The predicted molar refractivity (Wildman–Crippen MR) is 103 cm³/mol. The highest BCUT2D eigenvalue weighted by atomic mass is 19.1. The number of carbonyl (C=O) groups is 1. The van der Waals surface area contributed by atoms with Gasteiger partial charge in [-0.05, 0) is 48.9 Å². The molecule has 27 heavy (non-hydrogen) atoms. The van der Waals surface area contributed by atoms with Crippen LogP contribution in [0.15, 0.2) is 67.0 Å². The Morgan fingerprint density at radius 2 is 1.74 bits per heavy atom. The summed E-state index contributed by atoms with van der Waals surface area (Å²) in [4.78, 5) is 17.3. The number of rotatable bonds is 3. The Labute approximate surface area is 157 Å². The van der Waals surface area contributed by atoms with Crippen LogP contribution in [-0.4, -0.2) is 46.8 Å². The number of anilines is 1. The van der Waals surface area contributed by atoms with Gasteiger partial charge in [0, 0.05) is 44.3 Å². The van der Waals surface area contributed by atoms with Gasteiger partial charge in [-0.1, -0.05) is 12.1 Å². The molecule has 0 atom stereocenters. The van der Waals surface area contributed by atoms with E-state index in [1.807, 2.05) is 41.4 Å². The molecular formula is C21H21FN4O. The first-order valence-corrected chi connectivity index (χ1v) is 9.11. The molecule has 6 heteroatoms. The number of amides is 1. The number of para-hydroxylation sites is 1. The highest BCUT2D eigenvalue weighted by Gasteiger charge is 2.23. The fourth-order valence-corrected chi connectivity index (χ4v) is 3.47. The molecule has 1 fully saturated rings. The Kier molecular flexibility index (Phi) is 4.87. The summed E-state index contributed by atoms with van der Waals surface area (Å²) in [6.07, 6.45) is 4.41. The minimum atomic E-state index is -0.236. The van der Waals surface area contributed by atoms with Gasteiger partial charge in [-0.25, -0.2) is 9.07 Å². The number of benzene rings is 2. The largest absolute Gasteiger partial charge is 0.370 e. The third-order valence-electron chi connectivity index (χ3n) is 4.86. The van der Waals surface area contributed by atoms with Crippen LogP contribution in [0, 0.1) is 5.82 Å². The van der Waals surface area contributed by atoms with E-state index in [-0.39, 0.29) is 11.7 Å². The lowest BCUT2D eigenvalue weighted by molar-refractivity contribution is 0.0767. The van der Waals surface area contributed by atoms with E-state index in [4.69, 9.17) is 0 Å². The molecule has 2 aromatic carbocycles. The second kappa shape index (κ2) is 7.61. The van der Waals surface area contributed by atoms with Crippen molar-refractivity contribution in [2.45, 2.75) is 6.42 Å². The SMILES string of the molecule is O=C(c1ccccc1-n1cccn1)N1CCCN(c2ccc(F)cc2)CC1. The lowest BCUT2D eigenvalue weighted by Gasteiger charge is -2.24. The van der Waals surface area contributed by atoms with Gasteiger partial charge in [-0.15, -0.1) is 0 Å². The molecule has 0 radical (unpaired) electrons. The molecule has 3 aromatic rings. The third kappa shape index (κ3) is 3.69. The zero-order chi connectivity index (χ0) is 18.6. The molecule has 0 spiro atoms. The predicted octanol–water partition coefficient (Wildman–Crippen LogP) is 3.36. The Morgan fingerprint density at radius 1 is 0.926 bits per heavy atom. The van der Waals surface area contributed by atoms with E-state index >= 15 is 0 Å². The number of nitrogens with zero attached hydrogens (tertiary/aromatic N) is 4. The average molecular weight is 364 g/mol. The van der Waals surface area contributed by atoms with Crippen LogP contribution in [-0.2, 0) is 0 Å². The third-order valence-corrected chi connectivity index (χ3v) is 4.86. The summed E-state index contributed by atoms with van der Waals surface area (Å²) in [6, 6.07) is 15.9. The molecule has 0 aliphatic carbocycles. The highest BCUT2D eigenvalue weighted by Crippen LogP contribution is 2.20. The van der Waals surface area contributed by atoms with Gasteiger partial charge < -0.3 is 9.80 Å². The van der Waals surface area contributed by atoms with Crippen molar-refractivity contribution in [2.24, 2.45) is 0 Å². The molecule has 0 unspecified atom stereocenters. The Balaban J connectivity index is 1.52. The molecule has 5 nitrogen and oxygen atoms in total. The maximum absolute atomic E-state index is 13.2. The molecule has 1 aromatic heterocycles. The fraction of sp³-hybridized carbons (Fsp3) is 0.238. The van der Waals surface area contributed by atoms with E-state index in [1.54, 1.807) is 23.0 Å². The van der Waals surface area contributed by atoms with Crippen molar-refractivity contribution in [1.29, 1.82) is 0 Å². The molecule has 1 amide bonds. The average Bonchev–Trinajstić information content (AvgIpc) is 3.13. The molecule has 138 valence electrons. The van der Waals surface area contributed by atoms with Crippen molar-refractivity contribution in [2.75, 3.05) is 31.1 Å². The maximum atomic E-state index is 13.2. The van der Waals surface area contributed by atoms with Crippen molar-refractivity contribution < 1.29 is 9.18 Å². The minimum Gasteiger partial charge on any atom is -0.370 e. The summed E-state index contributed by atoms with van der Waals surface area (Å²) in [5.41, 5.74) is 2.42. The molecule has 1 aliphatic rings. The molecule has 1 aliphatic heterocycles. The van der Waals surface area contributed by atoms with Crippen LogP contribution in [0.25, 0.3) is 5.69 Å². The second-order valence-electron chi connectivity index (χ2n) is 6.58. The van der Waals surface area contributed by atoms with E-state index in [9.17, 15) is 9.18 Å². The molecule has 4 rings (SSSR count). The summed E-state index contributed by atoms with van der Waals surface area (Å²) in [6.45, 7) is 2.89. The van der Waals surface area contributed by atoms with Crippen molar-refractivity contribution in [3.8, 4) is 5.69 Å². The van der Waals surface area contributed by atoms with Gasteiger partial charge in [-0.3, -0.25) is 4.79 Å². The monoisotopic (exact) mass is 364 g/mol. The smallest absolute Gasteiger partial charge is 0.256 e. The summed E-state index contributed by atoms with van der Waals surface area (Å²) in [7, 11) is 0. The Morgan fingerprint density at radius 3 is 2.52 bits per heavy atom. The van der Waals surface area contributed by atoms with Crippen LogP contribution in [0.3, 0.4) is 0 Å². The Bertz CT molecular complexity index is 908. The zero-order valence-corrected chi connectivity index (χ0v) is 15.0. The van der Waals surface area contributed by atoms with Crippen molar-refractivity contribution in [3.63, 3.8) is 0 Å². The van der Waals surface area contributed by atoms with Crippen LogP contribution in [0.4, 0.5) is 10.1 Å². The minimum absolute atomic E-state index is 0.0158. The van der Waals surface area contributed by atoms with Crippen LogP contribution < -0.4 is 4.90 Å². The first-order valence-electron chi connectivity index (χ1n) is 9.11. The number of carbonyl (C=O) groups excluding carboxylic acids is 1. The van der Waals surface area contributed by atoms with E-state index in [1.165, 1.54) is 12.1 Å². The topological polar surface area (TPSA) is 41.4 Å². The molecule has 1 saturated heterocycles. The normalized spacial score (nSPS) is 14.9. The van der Waals surface area contributed by atoms with E-state index in [2.05, 4.69) is 10.00 Å². The molecule has 0 saturated carbocycles. The summed E-state index contributed by atoms with van der Waals surface area (Å²) >= 11 is 0. The summed E-state index contributed by atoms with van der Waals surface area (Å²) in [5, 5.41) is 4.26. The van der Waals surface area contributed by atoms with E-state index in [0.29, 0.717) is 18.7 Å². The first-order chi connectivity index (χ1) is 13.2. The van der Waals surface area contributed by atoms with Gasteiger partial charge in [0.2, 0.25) is 0 Å². The number of hydrogen-bond donors (Lipinski definition) is 0. The molecule has 0 bridgehead atoms. The van der Waals surface area contributed by atoms with Crippen molar-refractivity contribution >= 4 is 11.6 Å². The van der Waals surface area contributed by atoms with Crippen molar-refractivity contribution in [3.05, 3.63) is 78.4 Å². The first kappa shape index (κ1) is 17.3. The van der Waals surface area contributed by atoms with Gasteiger partial charge >= 0.3 is 0 Å².